The predicted octanol–water partition coefficient (Wildman–Crippen LogP) is 2.56. The third-order valence-electron chi connectivity index (χ3n) is 3.77. The molecule has 0 bridgehead atoms. The van der Waals surface area contributed by atoms with E-state index in [4.69, 9.17) is 9.47 Å². The lowest BCUT2D eigenvalue weighted by Crippen LogP contribution is -2.46. The summed E-state index contributed by atoms with van der Waals surface area (Å²) in [5.74, 6) is 0.456. The summed E-state index contributed by atoms with van der Waals surface area (Å²) in [6, 6.07) is 11.3. The van der Waals surface area contributed by atoms with Gasteiger partial charge in [-0.25, -0.2) is 9.78 Å². The summed E-state index contributed by atoms with van der Waals surface area (Å²) in [7, 11) is 1.51. The van der Waals surface area contributed by atoms with E-state index >= 15 is 0 Å². The van der Waals surface area contributed by atoms with Gasteiger partial charge in [0.25, 0.3) is 0 Å². The van der Waals surface area contributed by atoms with Gasteiger partial charge in [0.05, 0.1) is 13.7 Å². The number of carbonyl (C=O) groups is 1. The maximum Gasteiger partial charge on any atom is 0.321 e. The quantitative estimate of drug-likeness (QED) is 0.933. The van der Waals surface area contributed by atoms with Crippen LogP contribution in [0.1, 0.15) is 12.8 Å². The number of ether oxygens (including phenoxy) is 2. The zero-order valence-corrected chi connectivity index (χ0v) is 13.5. The van der Waals surface area contributed by atoms with Gasteiger partial charge < -0.3 is 19.7 Å². The second kappa shape index (κ2) is 7.63. The standard InChI is InChI=1S/C17H20N4O3/c1-23-16-18-10-9-15(20-16)24-14-8-5-11-21(12-14)17(22)19-13-6-3-2-4-7-13/h2-4,6-7,9-10,14H,5,8,11-12H2,1H3,(H,19,22). The molecule has 1 unspecified atom stereocenters. The Hall–Kier alpha value is -2.83. The van der Waals surface area contributed by atoms with E-state index in [1.807, 2.05) is 30.3 Å². The van der Waals surface area contributed by atoms with Crippen LogP contribution in [0.3, 0.4) is 0 Å². The van der Waals surface area contributed by atoms with Crippen LogP contribution in [-0.4, -0.2) is 47.2 Å². The number of methoxy groups -OCH3 is 1. The molecule has 2 heterocycles. The Balaban J connectivity index is 1.58. The van der Waals surface area contributed by atoms with Crippen molar-refractivity contribution in [2.75, 3.05) is 25.5 Å². The molecular weight excluding hydrogens is 308 g/mol. The first-order valence-electron chi connectivity index (χ1n) is 7.89. The number of likely N-dealkylation sites (tertiary alicyclic amines) is 1. The molecule has 0 spiro atoms. The van der Waals surface area contributed by atoms with E-state index in [0.29, 0.717) is 19.0 Å². The Bertz CT molecular complexity index is 681. The SMILES string of the molecule is COc1nccc(OC2CCCN(C(=O)Nc3ccccc3)C2)n1. The molecule has 0 aliphatic carbocycles. The second-order valence-electron chi connectivity index (χ2n) is 5.51. The van der Waals surface area contributed by atoms with Crippen LogP contribution in [0.5, 0.6) is 11.9 Å². The van der Waals surface area contributed by atoms with Crippen LogP contribution in [0.4, 0.5) is 10.5 Å². The van der Waals surface area contributed by atoms with Crippen LogP contribution in [0.2, 0.25) is 0 Å². The van der Waals surface area contributed by atoms with E-state index in [9.17, 15) is 4.79 Å². The van der Waals surface area contributed by atoms with Crippen molar-refractivity contribution < 1.29 is 14.3 Å². The first-order valence-corrected chi connectivity index (χ1v) is 7.89. The minimum absolute atomic E-state index is 0.0973. The minimum atomic E-state index is -0.116. The van der Waals surface area contributed by atoms with Crippen LogP contribution >= 0.6 is 0 Å². The maximum atomic E-state index is 12.4. The van der Waals surface area contributed by atoms with Gasteiger partial charge in [0.2, 0.25) is 5.88 Å². The average molecular weight is 328 g/mol. The van der Waals surface area contributed by atoms with E-state index in [1.54, 1.807) is 17.2 Å². The van der Waals surface area contributed by atoms with Gasteiger partial charge in [0.15, 0.2) is 0 Å². The number of aromatic nitrogens is 2. The summed E-state index contributed by atoms with van der Waals surface area (Å²) in [6.07, 6.45) is 3.25. The fourth-order valence-corrected chi connectivity index (χ4v) is 2.60. The number of urea groups is 1. The fourth-order valence-electron chi connectivity index (χ4n) is 2.60. The Kier molecular flexibility index (Phi) is 5.10. The summed E-state index contributed by atoms with van der Waals surface area (Å²) in [5.41, 5.74) is 0.783. The monoisotopic (exact) mass is 328 g/mol. The van der Waals surface area contributed by atoms with E-state index in [2.05, 4.69) is 15.3 Å². The van der Waals surface area contributed by atoms with Crippen LogP contribution in [0.25, 0.3) is 0 Å². The molecule has 126 valence electrons. The second-order valence-corrected chi connectivity index (χ2v) is 5.51. The molecule has 24 heavy (non-hydrogen) atoms. The van der Waals surface area contributed by atoms with E-state index in [0.717, 1.165) is 18.5 Å². The Labute approximate surface area is 140 Å². The molecule has 1 saturated heterocycles. The number of anilines is 1. The van der Waals surface area contributed by atoms with Crippen molar-refractivity contribution >= 4 is 11.7 Å². The van der Waals surface area contributed by atoms with Gasteiger partial charge in [-0.2, -0.15) is 4.98 Å². The molecule has 2 amide bonds. The van der Waals surface area contributed by atoms with Gasteiger partial charge >= 0.3 is 12.0 Å². The number of hydrogen-bond donors (Lipinski definition) is 1. The molecule has 0 radical (unpaired) electrons. The minimum Gasteiger partial charge on any atom is -0.472 e. The van der Waals surface area contributed by atoms with Crippen molar-refractivity contribution in [1.82, 2.24) is 14.9 Å². The van der Waals surface area contributed by atoms with Crippen molar-refractivity contribution in [1.29, 1.82) is 0 Å². The number of nitrogens with one attached hydrogen (secondary N) is 1. The third kappa shape index (κ3) is 4.13. The molecule has 0 saturated carbocycles. The zero-order chi connectivity index (χ0) is 16.8. The van der Waals surface area contributed by atoms with Crippen molar-refractivity contribution in [3.8, 4) is 11.9 Å². The molecule has 7 heteroatoms. The number of para-hydroxylation sites is 1. The Morgan fingerprint density at radius 2 is 2.12 bits per heavy atom. The number of piperidine rings is 1. The molecule has 7 nitrogen and oxygen atoms in total. The van der Waals surface area contributed by atoms with E-state index in [-0.39, 0.29) is 18.1 Å². The van der Waals surface area contributed by atoms with Gasteiger partial charge in [-0.3, -0.25) is 0 Å². The molecule has 1 atom stereocenters. The lowest BCUT2D eigenvalue weighted by atomic mass is 10.1. The Morgan fingerprint density at radius 1 is 1.29 bits per heavy atom. The fraction of sp³-hybridized carbons (Fsp3) is 0.353. The molecule has 1 N–H and O–H groups in total. The normalized spacial score (nSPS) is 17.2. The number of rotatable bonds is 4. The number of benzene rings is 1. The molecule has 1 aliphatic heterocycles. The highest BCUT2D eigenvalue weighted by atomic mass is 16.5. The summed E-state index contributed by atoms with van der Waals surface area (Å²) in [4.78, 5) is 22.2. The van der Waals surface area contributed by atoms with Crippen molar-refractivity contribution in [3.63, 3.8) is 0 Å². The molecule has 1 aliphatic rings. The smallest absolute Gasteiger partial charge is 0.321 e. The number of amides is 2. The zero-order valence-electron chi connectivity index (χ0n) is 13.5. The van der Waals surface area contributed by atoms with Crippen LogP contribution in [-0.2, 0) is 0 Å². The van der Waals surface area contributed by atoms with E-state index in [1.165, 1.54) is 7.11 Å². The van der Waals surface area contributed by atoms with Gasteiger partial charge in [0.1, 0.15) is 6.10 Å². The van der Waals surface area contributed by atoms with Crippen molar-refractivity contribution in [3.05, 3.63) is 42.6 Å². The molecule has 1 aromatic carbocycles. The summed E-state index contributed by atoms with van der Waals surface area (Å²) >= 11 is 0. The van der Waals surface area contributed by atoms with Crippen LogP contribution < -0.4 is 14.8 Å². The topological polar surface area (TPSA) is 76.6 Å². The lowest BCUT2D eigenvalue weighted by molar-refractivity contribution is 0.102. The lowest BCUT2D eigenvalue weighted by Gasteiger charge is -2.32. The maximum absolute atomic E-state index is 12.4. The van der Waals surface area contributed by atoms with Crippen molar-refractivity contribution in [2.24, 2.45) is 0 Å². The number of nitrogens with zero attached hydrogens (tertiary/aromatic N) is 3. The van der Waals surface area contributed by atoms with Gasteiger partial charge in [0, 0.05) is 24.5 Å². The molecule has 3 rings (SSSR count). The van der Waals surface area contributed by atoms with Gasteiger partial charge in [-0.15, -0.1) is 0 Å². The number of hydrogen-bond acceptors (Lipinski definition) is 5. The highest BCUT2D eigenvalue weighted by Crippen LogP contribution is 2.18. The average Bonchev–Trinajstić information content (AvgIpc) is 2.63. The highest BCUT2D eigenvalue weighted by molar-refractivity contribution is 5.89. The molecular formula is C17H20N4O3. The van der Waals surface area contributed by atoms with Crippen molar-refractivity contribution in [2.45, 2.75) is 18.9 Å². The third-order valence-corrected chi connectivity index (χ3v) is 3.77. The summed E-state index contributed by atoms with van der Waals surface area (Å²) in [6.45, 7) is 1.23. The Morgan fingerprint density at radius 3 is 2.92 bits per heavy atom. The molecule has 1 fully saturated rings. The first kappa shape index (κ1) is 16.0. The van der Waals surface area contributed by atoms with Gasteiger partial charge in [-0.05, 0) is 25.0 Å². The molecule has 1 aromatic heterocycles. The largest absolute Gasteiger partial charge is 0.472 e. The van der Waals surface area contributed by atoms with E-state index < -0.39 is 0 Å². The highest BCUT2D eigenvalue weighted by Gasteiger charge is 2.25. The number of carbonyl (C=O) groups excluding carboxylic acids is 1. The predicted molar refractivity (Wildman–Crippen MR) is 89.3 cm³/mol. The van der Waals surface area contributed by atoms with Crippen LogP contribution in [0, 0.1) is 0 Å². The van der Waals surface area contributed by atoms with Crippen LogP contribution in [0.15, 0.2) is 42.6 Å². The van der Waals surface area contributed by atoms with Gasteiger partial charge in [-0.1, -0.05) is 18.2 Å². The summed E-state index contributed by atoms with van der Waals surface area (Å²) < 4.78 is 10.9. The first-order chi connectivity index (χ1) is 11.7. The summed E-state index contributed by atoms with van der Waals surface area (Å²) in [5, 5.41) is 2.90. The molecule has 2 aromatic rings.